The third kappa shape index (κ3) is 1.03. The molecule has 5 nitrogen and oxygen atoms in total. The minimum Gasteiger partial charge on any atom is -0.373 e. The number of carbonyl (C=O) groups is 1. The van der Waals surface area contributed by atoms with Crippen LogP contribution in [0.3, 0.4) is 0 Å². The van der Waals surface area contributed by atoms with Gasteiger partial charge >= 0.3 is 13.5 Å². The summed E-state index contributed by atoms with van der Waals surface area (Å²) in [5.74, 6) is 0. The highest BCUT2D eigenvalue weighted by Crippen LogP contribution is 2.25. The zero-order valence-electron chi connectivity index (χ0n) is 6.07. The molecule has 0 radical (unpaired) electrons. The Morgan fingerprint density at radius 1 is 1.50 bits per heavy atom. The van der Waals surface area contributed by atoms with E-state index in [0.717, 1.165) is 0 Å². The highest BCUT2D eigenvalue weighted by Gasteiger charge is 2.44. The molecule has 0 spiro atoms. The summed E-state index contributed by atoms with van der Waals surface area (Å²) in [6.45, 7) is 0. The zero-order chi connectivity index (χ0) is 8.55. The zero-order valence-corrected chi connectivity index (χ0v) is 6.97. The third-order valence-corrected chi connectivity index (χ3v) is 2.67. The lowest BCUT2D eigenvalue weighted by molar-refractivity contribution is -0.113. The molecule has 0 saturated carbocycles. The molecule has 0 aromatic heterocycles. The van der Waals surface area contributed by atoms with E-state index < -0.39 is 14.0 Å². The molecule has 2 unspecified atom stereocenters. The Balaban J connectivity index is 2.30. The van der Waals surface area contributed by atoms with Gasteiger partial charge in [-0.3, -0.25) is 5.43 Å². The lowest BCUT2D eigenvalue weighted by Gasteiger charge is -2.20. The smallest absolute Gasteiger partial charge is 0.373 e. The maximum absolute atomic E-state index is 11.2. The number of allylic oxidation sites excluding steroid dienone is 2. The van der Waals surface area contributed by atoms with Gasteiger partial charge in [-0.1, -0.05) is 0 Å². The molecule has 0 aromatic carbocycles. The second-order valence-electron chi connectivity index (χ2n) is 2.45. The van der Waals surface area contributed by atoms with Crippen LogP contribution in [0.4, 0.5) is 0 Å². The first kappa shape index (κ1) is 7.46. The van der Waals surface area contributed by atoms with E-state index in [9.17, 15) is 9.36 Å². The van der Waals surface area contributed by atoms with Crippen molar-refractivity contribution in [2.75, 3.05) is 0 Å². The number of hydrogen-bond acceptors (Lipinski definition) is 4. The Morgan fingerprint density at radius 2 is 2.33 bits per heavy atom. The van der Waals surface area contributed by atoms with E-state index in [4.69, 9.17) is 0 Å². The maximum Gasteiger partial charge on any atom is 0.532 e. The summed E-state index contributed by atoms with van der Waals surface area (Å²) >= 11 is 0. The molecule has 12 heavy (non-hydrogen) atoms. The summed E-state index contributed by atoms with van der Waals surface area (Å²) < 4.78 is 11.0. The Labute approximate surface area is 69.7 Å². The van der Waals surface area contributed by atoms with E-state index in [-0.39, 0.29) is 5.52 Å². The molecule has 0 amide bonds. The average molecular weight is 184 g/mol. The monoisotopic (exact) mass is 184 g/mol. The van der Waals surface area contributed by atoms with E-state index in [0.29, 0.717) is 5.70 Å². The van der Waals surface area contributed by atoms with Crippen LogP contribution in [-0.2, 0) is 9.36 Å². The summed E-state index contributed by atoms with van der Waals surface area (Å²) in [7, 11) is -1.98. The summed E-state index contributed by atoms with van der Waals surface area (Å²) in [4.78, 5) is 11.2. The van der Waals surface area contributed by atoms with Crippen LogP contribution in [0.1, 0.15) is 0 Å². The lowest BCUT2D eigenvalue weighted by atomic mass is 10.2. The quantitative estimate of drug-likeness (QED) is 0.452. The molecule has 2 aliphatic heterocycles. The molecule has 1 fully saturated rings. The van der Waals surface area contributed by atoms with Gasteiger partial charge in [-0.05, 0) is 28.1 Å². The Kier molecular flexibility index (Phi) is 1.67. The van der Waals surface area contributed by atoms with Gasteiger partial charge < -0.3 is 5.32 Å². The van der Waals surface area contributed by atoms with Crippen molar-refractivity contribution in [3.05, 3.63) is 24.0 Å². The Hall–Kier alpha value is -1.19. The average Bonchev–Trinajstić information content (AvgIpc) is 2.12. The molecule has 0 aromatic rings. The minimum atomic E-state index is -1.98. The van der Waals surface area contributed by atoms with Gasteiger partial charge in [-0.15, -0.1) is 0 Å². The number of rotatable bonds is 0. The van der Waals surface area contributed by atoms with Crippen molar-refractivity contribution in [3.63, 3.8) is 0 Å². The fraction of sp³-hybridized carbons (Fsp3) is 0.167. The molecular weight excluding hydrogens is 177 g/mol. The normalized spacial score (nSPS) is 30.0. The van der Waals surface area contributed by atoms with Crippen LogP contribution >= 0.6 is 7.95 Å². The van der Waals surface area contributed by atoms with Crippen molar-refractivity contribution in [2.45, 2.75) is 6.04 Å². The second kappa shape index (κ2) is 2.69. The molecule has 3 N–H and O–H groups in total. The van der Waals surface area contributed by atoms with Crippen molar-refractivity contribution in [2.24, 2.45) is 0 Å². The second-order valence-corrected chi connectivity index (χ2v) is 3.70. The number of carbonyl (C=O) groups excluding carboxylic acids is 1. The van der Waals surface area contributed by atoms with Crippen LogP contribution in [0.2, 0.25) is 0 Å². The van der Waals surface area contributed by atoms with Gasteiger partial charge in [0.25, 0.3) is 0 Å². The molecule has 62 valence electrons. The molecule has 0 bridgehead atoms. The van der Waals surface area contributed by atoms with Crippen molar-refractivity contribution < 1.29 is 9.36 Å². The molecule has 6 heteroatoms. The number of dihydropyridines is 1. The maximum atomic E-state index is 11.2. The first-order chi connectivity index (χ1) is 5.79. The fourth-order valence-electron chi connectivity index (χ4n) is 1.10. The molecular formula is C6H7N3O2P+. The van der Waals surface area contributed by atoms with E-state index in [1.165, 1.54) is 0 Å². The standard InChI is InChI=1S/C6H6N3O2P/c10-6-5-4(2-1-3-7-5)8-9-12(6)11/h1-3,5H,(H2-,7,8,9,10,11)/p+1. The van der Waals surface area contributed by atoms with Crippen LogP contribution in [-0.4, -0.2) is 11.6 Å². The number of hydrazine groups is 1. The van der Waals surface area contributed by atoms with Crippen LogP contribution in [0, 0.1) is 0 Å². The van der Waals surface area contributed by atoms with Gasteiger partial charge in [0.15, 0.2) is 6.04 Å². The largest absolute Gasteiger partial charge is 0.532 e. The summed E-state index contributed by atoms with van der Waals surface area (Å²) in [5.41, 5.74) is 3.08. The number of nitrogens with one attached hydrogen (secondary N) is 3. The van der Waals surface area contributed by atoms with Gasteiger partial charge in [0.05, 0.1) is 5.70 Å². The van der Waals surface area contributed by atoms with Crippen LogP contribution in [0.15, 0.2) is 24.0 Å². The molecule has 2 heterocycles. The summed E-state index contributed by atoms with van der Waals surface area (Å²) in [5, 5.41) is 5.22. The van der Waals surface area contributed by atoms with Crippen LogP contribution in [0.5, 0.6) is 0 Å². The van der Waals surface area contributed by atoms with Crippen LogP contribution in [0.25, 0.3) is 0 Å². The van der Waals surface area contributed by atoms with Crippen molar-refractivity contribution in [3.8, 4) is 0 Å². The van der Waals surface area contributed by atoms with E-state index in [1.54, 1.807) is 18.4 Å². The first-order valence-corrected chi connectivity index (χ1v) is 4.70. The van der Waals surface area contributed by atoms with E-state index in [2.05, 4.69) is 15.9 Å². The molecule has 2 rings (SSSR count). The number of fused-ring (bicyclic) bond motifs is 1. The van der Waals surface area contributed by atoms with E-state index >= 15 is 0 Å². The Bertz CT molecular complexity index is 310. The predicted molar refractivity (Wildman–Crippen MR) is 43.0 cm³/mol. The molecule has 0 aliphatic carbocycles. The number of hydrogen-bond donors (Lipinski definition) is 3. The van der Waals surface area contributed by atoms with Gasteiger partial charge in [-0.2, -0.15) is 0 Å². The fourth-order valence-corrected chi connectivity index (χ4v) is 1.88. The van der Waals surface area contributed by atoms with Gasteiger partial charge in [-0.25, -0.2) is 4.79 Å². The Morgan fingerprint density at radius 3 is 3.17 bits per heavy atom. The third-order valence-electron chi connectivity index (χ3n) is 1.69. The lowest BCUT2D eigenvalue weighted by Crippen LogP contribution is -2.48. The predicted octanol–water partition coefficient (Wildman–Crippen LogP) is -0.267. The topological polar surface area (TPSA) is 70.2 Å². The highest BCUT2D eigenvalue weighted by atomic mass is 31.1. The van der Waals surface area contributed by atoms with Crippen LogP contribution < -0.4 is 15.9 Å². The minimum absolute atomic E-state index is 0.320. The molecule has 2 aliphatic rings. The van der Waals surface area contributed by atoms with Crippen molar-refractivity contribution in [1.29, 1.82) is 0 Å². The van der Waals surface area contributed by atoms with Gasteiger partial charge in [0.1, 0.15) is 0 Å². The molecule has 1 saturated heterocycles. The van der Waals surface area contributed by atoms with Gasteiger partial charge in [0, 0.05) is 0 Å². The summed E-state index contributed by atoms with van der Waals surface area (Å²) in [6, 6.07) is -0.472. The van der Waals surface area contributed by atoms with Crippen molar-refractivity contribution >= 4 is 13.5 Å². The van der Waals surface area contributed by atoms with Gasteiger partial charge in [0.2, 0.25) is 0 Å². The highest BCUT2D eigenvalue weighted by molar-refractivity contribution is 7.62. The SMILES string of the molecule is O=C1C2NC=CC=C2NN[P+]1=O. The van der Waals surface area contributed by atoms with Crippen molar-refractivity contribution in [1.82, 2.24) is 15.9 Å². The summed E-state index contributed by atoms with van der Waals surface area (Å²) in [6.07, 6.45) is 5.18. The van der Waals surface area contributed by atoms with E-state index in [1.807, 2.05) is 0 Å². The first-order valence-electron chi connectivity index (χ1n) is 3.44. The molecule has 2 atom stereocenters.